The average molecular weight is 334 g/mol. The molecule has 22 heavy (non-hydrogen) atoms. The number of benzene rings is 1. The van der Waals surface area contributed by atoms with E-state index in [1.165, 1.54) is 11.3 Å². The predicted molar refractivity (Wildman–Crippen MR) is 89.7 cm³/mol. The lowest BCUT2D eigenvalue weighted by atomic mass is 10.1. The molecule has 1 saturated heterocycles. The molecule has 0 aliphatic carbocycles. The molecule has 0 spiro atoms. The highest BCUT2D eigenvalue weighted by Crippen LogP contribution is 2.23. The Hall–Kier alpha value is -1.50. The van der Waals surface area contributed by atoms with Crippen molar-refractivity contribution < 1.29 is 9.53 Å². The number of ether oxygens (including phenoxy) is 1. The van der Waals surface area contributed by atoms with Gasteiger partial charge in [-0.2, -0.15) is 0 Å². The summed E-state index contributed by atoms with van der Waals surface area (Å²) in [6.07, 6.45) is 0.370. The van der Waals surface area contributed by atoms with Crippen molar-refractivity contribution in [2.45, 2.75) is 19.4 Å². The van der Waals surface area contributed by atoms with Gasteiger partial charge < -0.3 is 14.6 Å². The largest absolute Gasteiger partial charge is 0.370 e. The predicted octanol–water partition coefficient (Wildman–Crippen LogP) is 3.26. The minimum absolute atomic E-state index is 0.0376. The maximum absolute atomic E-state index is 12.5. The lowest BCUT2D eigenvalue weighted by molar-refractivity contribution is -0.138. The van der Waals surface area contributed by atoms with Gasteiger partial charge in [-0.3, -0.25) is 4.79 Å². The van der Waals surface area contributed by atoms with Gasteiger partial charge in [0.25, 0.3) is 0 Å². The van der Waals surface area contributed by atoms with Crippen LogP contribution in [0.5, 0.6) is 0 Å². The van der Waals surface area contributed by atoms with Gasteiger partial charge in [-0.05, 0) is 24.7 Å². The van der Waals surface area contributed by atoms with Crippen LogP contribution >= 0.6 is 23.6 Å². The summed E-state index contributed by atoms with van der Waals surface area (Å²) in [4.78, 5) is 18.5. The minimum Gasteiger partial charge on any atom is -0.370 e. The third-order valence-electron chi connectivity index (χ3n) is 3.83. The number of aromatic amines is 1. The van der Waals surface area contributed by atoms with Gasteiger partial charge in [-0.25, -0.2) is 0 Å². The number of aryl methyl sites for hydroxylation is 1. The highest BCUT2D eigenvalue weighted by molar-refractivity contribution is 7.73. The van der Waals surface area contributed by atoms with Crippen LogP contribution in [-0.2, 0) is 16.0 Å². The molecule has 4 nitrogen and oxygen atoms in total. The van der Waals surface area contributed by atoms with Gasteiger partial charge in [0.1, 0.15) is 6.10 Å². The number of nitrogens with one attached hydrogen (secondary N) is 1. The van der Waals surface area contributed by atoms with Crippen molar-refractivity contribution >= 4 is 29.5 Å². The third kappa shape index (κ3) is 3.45. The Morgan fingerprint density at radius 3 is 2.91 bits per heavy atom. The number of hydrogen-bond acceptors (Lipinski definition) is 4. The zero-order valence-corrected chi connectivity index (χ0v) is 14.0. The summed E-state index contributed by atoms with van der Waals surface area (Å²) in [6, 6.07) is 10.1. The molecular formula is C16H18N2O2S2. The summed E-state index contributed by atoms with van der Waals surface area (Å²) >= 11 is 6.61. The Morgan fingerprint density at radius 1 is 1.45 bits per heavy atom. The maximum atomic E-state index is 12.5. The molecule has 1 N–H and O–H groups in total. The number of carbonyl (C=O) groups is 1. The first-order chi connectivity index (χ1) is 10.6. The molecule has 1 atom stereocenters. The molecule has 2 heterocycles. The van der Waals surface area contributed by atoms with Crippen LogP contribution in [0, 0.1) is 10.9 Å². The Bertz CT molecular complexity index is 708. The van der Waals surface area contributed by atoms with Gasteiger partial charge >= 0.3 is 0 Å². The fourth-order valence-corrected chi connectivity index (χ4v) is 3.88. The first-order valence-corrected chi connectivity index (χ1v) is 8.49. The van der Waals surface area contributed by atoms with Gasteiger partial charge in [0.2, 0.25) is 5.91 Å². The summed E-state index contributed by atoms with van der Waals surface area (Å²) < 4.78 is 6.53. The molecule has 1 fully saturated rings. The van der Waals surface area contributed by atoms with Crippen molar-refractivity contribution in [3.05, 3.63) is 50.4 Å². The van der Waals surface area contributed by atoms with Crippen LogP contribution in [0.1, 0.15) is 22.2 Å². The highest BCUT2D eigenvalue weighted by Gasteiger charge is 2.25. The lowest BCUT2D eigenvalue weighted by Gasteiger charge is -2.33. The van der Waals surface area contributed by atoms with Gasteiger partial charge in [-0.1, -0.05) is 30.3 Å². The molecule has 1 aliphatic heterocycles. The number of H-pyrrole nitrogens is 1. The molecule has 1 aromatic heterocycles. The molecule has 116 valence electrons. The molecule has 0 bridgehead atoms. The number of rotatable bonds is 3. The van der Waals surface area contributed by atoms with Crippen LogP contribution in [0.15, 0.2) is 30.3 Å². The van der Waals surface area contributed by atoms with E-state index in [1.807, 2.05) is 42.2 Å². The van der Waals surface area contributed by atoms with Crippen LogP contribution in [-0.4, -0.2) is 35.5 Å². The second-order valence-corrected chi connectivity index (χ2v) is 7.12. The van der Waals surface area contributed by atoms with Gasteiger partial charge in [0.05, 0.1) is 19.6 Å². The van der Waals surface area contributed by atoms with Crippen molar-refractivity contribution in [3.8, 4) is 0 Å². The zero-order chi connectivity index (χ0) is 15.5. The van der Waals surface area contributed by atoms with E-state index in [2.05, 4.69) is 4.98 Å². The standard InChI is InChI=1S/C16H18N2O2S2/c1-11-14(22-16(21)17-11)9-15(19)18-7-8-20-13(10-18)12-5-3-2-4-6-12/h2-6,13H,7-10H2,1H3,(H,17,21). The van der Waals surface area contributed by atoms with Crippen LogP contribution in [0.3, 0.4) is 0 Å². The second kappa shape index (κ2) is 6.73. The minimum atomic E-state index is -0.0376. The van der Waals surface area contributed by atoms with Crippen molar-refractivity contribution in [1.82, 2.24) is 9.88 Å². The summed E-state index contributed by atoms with van der Waals surface area (Å²) in [5.41, 5.74) is 2.12. The Kier molecular flexibility index (Phi) is 4.71. The van der Waals surface area contributed by atoms with Crippen LogP contribution in [0.25, 0.3) is 0 Å². The molecule has 1 aromatic carbocycles. The maximum Gasteiger partial charge on any atom is 0.228 e. The fourth-order valence-electron chi connectivity index (χ4n) is 2.60. The Balaban J connectivity index is 1.68. The molecule has 0 radical (unpaired) electrons. The van der Waals surface area contributed by atoms with Crippen molar-refractivity contribution in [3.63, 3.8) is 0 Å². The Morgan fingerprint density at radius 2 is 2.23 bits per heavy atom. The van der Waals surface area contributed by atoms with E-state index in [9.17, 15) is 4.79 Å². The number of hydrogen-bond donors (Lipinski definition) is 1. The summed E-state index contributed by atoms with van der Waals surface area (Å²) in [6.45, 7) is 3.79. The fraction of sp³-hybridized carbons (Fsp3) is 0.375. The van der Waals surface area contributed by atoms with E-state index in [4.69, 9.17) is 17.0 Å². The van der Waals surface area contributed by atoms with Crippen molar-refractivity contribution in [2.75, 3.05) is 19.7 Å². The molecule has 1 unspecified atom stereocenters. The normalized spacial score (nSPS) is 18.4. The first-order valence-electron chi connectivity index (χ1n) is 7.26. The van der Waals surface area contributed by atoms with Gasteiger partial charge in [-0.15, -0.1) is 11.3 Å². The highest BCUT2D eigenvalue weighted by atomic mass is 32.1. The number of carbonyl (C=O) groups excluding carboxylic acids is 1. The monoisotopic (exact) mass is 334 g/mol. The van der Waals surface area contributed by atoms with Gasteiger partial charge in [0, 0.05) is 17.1 Å². The van der Waals surface area contributed by atoms with Gasteiger partial charge in [0.15, 0.2) is 3.95 Å². The van der Waals surface area contributed by atoms with E-state index >= 15 is 0 Å². The average Bonchev–Trinajstić information content (AvgIpc) is 2.86. The van der Waals surface area contributed by atoms with E-state index in [0.29, 0.717) is 26.1 Å². The SMILES string of the molecule is Cc1[nH]c(=S)sc1CC(=O)N1CCOC(c2ccccc2)C1. The molecule has 3 rings (SSSR count). The summed E-state index contributed by atoms with van der Waals surface area (Å²) in [5.74, 6) is 0.137. The topological polar surface area (TPSA) is 45.3 Å². The van der Waals surface area contributed by atoms with E-state index in [0.717, 1.165) is 20.1 Å². The Labute approximate surface area is 138 Å². The molecule has 0 saturated carbocycles. The quantitative estimate of drug-likeness (QED) is 0.877. The molecular weight excluding hydrogens is 316 g/mol. The van der Waals surface area contributed by atoms with Crippen molar-refractivity contribution in [1.29, 1.82) is 0 Å². The lowest BCUT2D eigenvalue weighted by Crippen LogP contribution is -2.42. The third-order valence-corrected chi connectivity index (χ3v) is 5.16. The molecule has 1 amide bonds. The number of amides is 1. The second-order valence-electron chi connectivity index (χ2n) is 5.35. The molecule has 6 heteroatoms. The summed E-state index contributed by atoms with van der Waals surface area (Å²) in [7, 11) is 0. The molecule has 2 aromatic rings. The number of morpholine rings is 1. The number of thiazole rings is 1. The summed E-state index contributed by atoms with van der Waals surface area (Å²) in [5, 5.41) is 0. The first kappa shape index (κ1) is 15.4. The van der Waals surface area contributed by atoms with Crippen LogP contribution < -0.4 is 0 Å². The van der Waals surface area contributed by atoms with E-state index in [1.54, 1.807) is 0 Å². The zero-order valence-electron chi connectivity index (χ0n) is 12.4. The van der Waals surface area contributed by atoms with E-state index < -0.39 is 0 Å². The number of aromatic nitrogens is 1. The van der Waals surface area contributed by atoms with Crippen LogP contribution in [0.2, 0.25) is 0 Å². The van der Waals surface area contributed by atoms with Crippen molar-refractivity contribution in [2.24, 2.45) is 0 Å². The van der Waals surface area contributed by atoms with Crippen LogP contribution in [0.4, 0.5) is 0 Å². The number of nitrogens with zero attached hydrogens (tertiary/aromatic N) is 1. The van der Waals surface area contributed by atoms with E-state index in [-0.39, 0.29) is 12.0 Å². The smallest absolute Gasteiger partial charge is 0.228 e. The molecule has 1 aliphatic rings.